The Morgan fingerprint density at radius 1 is 1.17 bits per heavy atom. The molecule has 1 fully saturated rings. The Balaban J connectivity index is 1.71. The predicted molar refractivity (Wildman–Crippen MR) is 112 cm³/mol. The van der Waals surface area contributed by atoms with Crippen molar-refractivity contribution in [1.82, 2.24) is 15.5 Å². The Labute approximate surface area is 175 Å². The van der Waals surface area contributed by atoms with E-state index in [0.29, 0.717) is 11.3 Å². The van der Waals surface area contributed by atoms with Crippen molar-refractivity contribution in [3.05, 3.63) is 35.4 Å². The quantitative estimate of drug-likeness (QED) is 0.623. The van der Waals surface area contributed by atoms with Crippen LogP contribution in [-0.4, -0.2) is 58.2 Å². The standard InChI is InChI=1S/C21H29N3O4S/c1-11(2)15(9-25)22-19(27)17(12(3)4)23-18(26)16-10-29-21-14-8-6-5-7-13(14)20(28)24(16)21/h5-8,11-12,15-17,21,25H,9-10H2,1-4H3,(H,22,27)(H,23,26). The summed E-state index contributed by atoms with van der Waals surface area (Å²) in [5.41, 5.74) is 1.59. The van der Waals surface area contributed by atoms with Crippen LogP contribution in [0.2, 0.25) is 0 Å². The smallest absolute Gasteiger partial charge is 0.256 e. The number of rotatable bonds is 7. The number of aliphatic hydroxyl groups is 1. The Bertz CT molecular complexity index is 798. The summed E-state index contributed by atoms with van der Waals surface area (Å²) in [6.45, 7) is 7.38. The van der Waals surface area contributed by atoms with Gasteiger partial charge in [-0.1, -0.05) is 45.9 Å². The van der Waals surface area contributed by atoms with E-state index in [1.165, 1.54) is 0 Å². The molecule has 0 bridgehead atoms. The summed E-state index contributed by atoms with van der Waals surface area (Å²) in [5, 5.41) is 15.0. The minimum absolute atomic E-state index is 0.0696. The van der Waals surface area contributed by atoms with Crippen molar-refractivity contribution in [1.29, 1.82) is 0 Å². The number of carbonyl (C=O) groups is 3. The lowest BCUT2D eigenvalue weighted by atomic mass is 10.00. The molecule has 7 nitrogen and oxygen atoms in total. The molecule has 2 aliphatic heterocycles. The van der Waals surface area contributed by atoms with Gasteiger partial charge in [0, 0.05) is 11.3 Å². The van der Waals surface area contributed by atoms with Crippen LogP contribution in [0.25, 0.3) is 0 Å². The first-order valence-corrected chi connectivity index (χ1v) is 11.1. The Hall–Kier alpha value is -2.06. The van der Waals surface area contributed by atoms with E-state index in [-0.39, 0.29) is 47.6 Å². The highest BCUT2D eigenvalue weighted by Gasteiger charge is 2.48. The average Bonchev–Trinajstić information content (AvgIpc) is 3.24. The van der Waals surface area contributed by atoms with Crippen molar-refractivity contribution in [2.75, 3.05) is 12.4 Å². The van der Waals surface area contributed by atoms with E-state index in [1.807, 2.05) is 45.9 Å². The molecule has 3 rings (SSSR count). The molecule has 0 aromatic heterocycles. The number of nitrogens with zero attached hydrogens (tertiary/aromatic N) is 1. The zero-order chi connectivity index (χ0) is 21.3. The van der Waals surface area contributed by atoms with Crippen LogP contribution in [0.1, 0.15) is 49.0 Å². The fraction of sp³-hybridized carbons (Fsp3) is 0.571. The highest BCUT2D eigenvalue weighted by atomic mass is 32.2. The van der Waals surface area contributed by atoms with Crippen LogP contribution in [0.4, 0.5) is 0 Å². The van der Waals surface area contributed by atoms with Gasteiger partial charge in [0.15, 0.2) is 0 Å². The third kappa shape index (κ3) is 4.14. The molecular formula is C21H29N3O4S. The Kier molecular flexibility index (Phi) is 6.53. The van der Waals surface area contributed by atoms with Crippen LogP contribution >= 0.6 is 11.8 Å². The summed E-state index contributed by atoms with van der Waals surface area (Å²) in [6.07, 6.45) is 0. The third-order valence-corrected chi connectivity index (χ3v) is 6.88. The normalized spacial score (nSPS) is 22.4. The maximum absolute atomic E-state index is 13.0. The lowest BCUT2D eigenvalue weighted by molar-refractivity contribution is -0.132. The van der Waals surface area contributed by atoms with Crippen LogP contribution in [0.5, 0.6) is 0 Å². The third-order valence-electron chi connectivity index (χ3n) is 5.57. The molecular weight excluding hydrogens is 390 g/mol. The van der Waals surface area contributed by atoms with Gasteiger partial charge in [-0.2, -0.15) is 0 Å². The Morgan fingerprint density at radius 2 is 1.86 bits per heavy atom. The van der Waals surface area contributed by atoms with Gasteiger partial charge in [0.25, 0.3) is 5.91 Å². The highest BCUT2D eigenvalue weighted by molar-refractivity contribution is 7.99. The number of benzene rings is 1. The number of nitrogens with one attached hydrogen (secondary N) is 2. The van der Waals surface area contributed by atoms with Gasteiger partial charge >= 0.3 is 0 Å². The van der Waals surface area contributed by atoms with Gasteiger partial charge in [0.1, 0.15) is 17.5 Å². The van der Waals surface area contributed by atoms with Gasteiger partial charge in [-0.15, -0.1) is 11.8 Å². The van der Waals surface area contributed by atoms with E-state index < -0.39 is 12.1 Å². The van der Waals surface area contributed by atoms with Crippen molar-refractivity contribution in [2.24, 2.45) is 11.8 Å². The second-order valence-electron chi connectivity index (χ2n) is 8.27. The van der Waals surface area contributed by atoms with Crippen LogP contribution in [0, 0.1) is 11.8 Å². The Morgan fingerprint density at radius 3 is 2.48 bits per heavy atom. The van der Waals surface area contributed by atoms with E-state index in [9.17, 15) is 19.5 Å². The van der Waals surface area contributed by atoms with E-state index in [4.69, 9.17) is 0 Å². The van der Waals surface area contributed by atoms with Crippen LogP contribution in [0.15, 0.2) is 24.3 Å². The molecule has 1 saturated heterocycles. The van der Waals surface area contributed by atoms with E-state index in [2.05, 4.69) is 10.6 Å². The number of aliphatic hydroxyl groups excluding tert-OH is 1. The fourth-order valence-electron chi connectivity index (χ4n) is 3.72. The molecule has 0 aliphatic carbocycles. The molecule has 3 amide bonds. The van der Waals surface area contributed by atoms with E-state index in [0.717, 1.165) is 5.56 Å². The molecule has 2 heterocycles. The van der Waals surface area contributed by atoms with Gasteiger partial charge in [0.2, 0.25) is 11.8 Å². The van der Waals surface area contributed by atoms with Gasteiger partial charge in [-0.3, -0.25) is 14.4 Å². The molecule has 0 radical (unpaired) electrons. The zero-order valence-electron chi connectivity index (χ0n) is 17.2. The lowest BCUT2D eigenvalue weighted by Crippen LogP contribution is -2.57. The van der Waals surface area contributed by atoms with Crippen LogP contribution in [0.3, 0.4) is 0 Å². The molecule has 4 unspecified atom stereocenters. The summed E-state index contributed by atoms with van der Waals surface area (Å²) in [5.74, 6) is -0.350. The number of thioether (sulfide) groups is 1. The topological polar surface area (TPSA) is 98.7 Å². The largest absolute Gasteiger partial charge is 0.394 e. The summed E-state index contributed by atoms with van der Waals surface area (Å²) in [7, 11) is 0. The van der Waals surface area contributed by atoms with Gasteiger partial charge in [-0.25, -0.2) is 0 Å². The van der Waals surface area contributed by atoms with Crippen LogP contribution in [-0.2, 0) is 9.59 Å². The lowest BCUT2D eigenvalue weighted by Gasteiger charge is -2.29. The number of hydrogen-bond acceptors (Lipinski definition) is 5. The summed E-state index contributed by atoms with van der Waals surface area (Å²) >= 11 is 1.57. The number of hydrogen-bond donors (Lipinski definition) is 3. The second kappa shape index (κ2) is 8.75. The number of fused-ring (bicyclic) bond motifs is 3. The number of amides is 3. The highest BCUT2D eigenvalue weighted by Crippen LogP contribution is 2.48. The molecule has 0 spiro atoms. The van der Waals surface area contributed by atoms with Crippen LogP contribution < -0.4 is 10.6 Å². The maximum Gasteiger partial charge on any atom is 0.256 e. The predicted octanol–water partition coefficient (Wildman–Crippen LogP) is 1.53. The van der Waals surface area contributed by atoms with Crippen molar-refractivity contribution >= 4 is 29.5 Å². The van der Waals surface area contributed by atoms with Crippen molar-refractivity contribution in [3.8, 4) is 0 Å². The van der Waals surface area contributed by atoms with E-state index in [1.54, 1.807) is 22.7 Å². The summed E-state index contributed by atoms with van der Waals surface area (Å²) in [6, 6.07) is 5.71. The first kappa shape index (κ1) is 21.6. The molecule has 2 aliphatic rings. The minimum Gasteiger partial charge on any atom is -0.394 e. The monoisotopic (exact) mass is 419 g/mol. The summed E-state index contributed by atoms with van der Waals surface area (Å²) < 4.78 is 0. The molecule has 0 saturated carbocycles. The minimum atomic E-state index is -0.737. The SMILES string of the molecule is CC(C)C(CO)NC(=O)C(NC(=O)C1CSC2c3ccccc3C(=O)N12)C(C)C. The molecule has 3 N–H and O–H groups in total. The van der Waals surface area contributed by atoms with Gasteiger partial charge < -0.3 is 20.6 Å². The van der Waals surface area contributed by atoms with Gasteiger partial charge in [-0.05, 0) is 23.5 Å². The van der Waals surface area contributed by atoms with Gasteiger partial charge in [0.05, 0.1) is 12.6 Å². The zero-order valence-corrected chi connectivity index (χ0v) is 18.0. The second-order valence-corrected chi connectivity index (χ2v) is 9.39. The molecule has 29 heavy (non-hydrogen) atoms. The van der Waals surface area contributed by atoms with E-state index >= 15 is 0 Å². The van der Waals surface area contributed by atoms with Crippen molar-refractivity contribution in [3.63, 3.8) is 0 Å². The first-order valence-electron chi connectivity index (χ1n) is 10.0. The average molecular weight is 420 g/mol. The maximum atomic E-state index is 13.0. The van der Waals surface area contributed by atoms with Crippen molar-refractivity contribution in [2.45, 2.75) is 51.2 Å². The molecule has 1 aromatic rings. The molecule has 1 aromatic carbocycles. The fourth-order valence-corrected chi connectivity index (χ4v) is 5.19. The number of carbonyl (C=O) groups excluding carboxylic acids is 3. The first-order chi connectivity index (χ1) is 13.8. The molecule has 8 heteroatoms. The van der Waals surface area contributed by atoms with Crippen molar-refractivity contribution < 1.29 is 19.5 Å². The summed E-state index contributed by atoms with van der Waals surface area (Å²) in [4.78, 5) is 40.3. The molecule has 4 atom stereocenters. The molecule has 158 valence electrons.